The van der Waals surface area contributed by atoms with Crippen LogP contribution >= 0.6 is 0 Å². The smallest absolute Gasteiger partial charge is 0.101 e. The van der Waals surface area contributed by atoms with Crippen molar-refractivity contribution in [3.63, 3.8) is 0 Å². The molecule has 0 fully saturated rings. The molecule has 1 aromatic carbocycles. The van der Waals surface area contributed by atoms with Crippen molar-refractivity contribution in [2.75, 3.05) is 0 Å². The molecule has 0 unspecified atom stereocenters. The zero-order valence-electron chi connectivity index (χ0n) is 11.8. The highest BCUT2D eigenvalue weighted by molar-refractivity contribution is 5.66. The molecule has 0 radical (unpaired) electrons. The summed E-state index contributed by atoms with van der Waals surface area (Å²) in [6, 6.07) is 8.00. The lowest BCUT2D eigenvalue weighted by atomic mass is 9.91. The van der Waals surface area contributed by atoms with Crippen molar-refractivity contribution in [2.24, 2.45) is 0 Å². The molecule has 0 aliphatic heterocycles. The van der Waals surface area contributed by atoms with Crippen LogP contribution in [0.3, 0.4) is 0 Å². The predicted octanol–water partition coefficient (Wildman–Crippen LogP) is 1.55. The van der Waals surface area contributed by atoms with Crippen molar-refractivity contribution in [1.82, 2.24) is 0 Å². The Morgan fingerprint density at radius 2 is 0.750 bits per heavy atom. The predicted molar refractivity (Wildman–Crippen MR) is 74.1 cm³/mol. The summed E-state index contributed by atoms with van der Waals surface area (Å²) in [6.45, 7) is 7.01. The second kappa shape index (κ2) is 5.71. The van der Waals surface area contributed by atoms with Crippen molar-refractivity contribution < 1.29 is 0 Å². The van der Waals surface area contributed by atoms with Gasteiger partial charge in [-0.25, -0.2) is 0 Å². The summed E-state index contributed by atoms with van der Waals surface area (Å²) in [6.07, 6.45) is 0. The lowest BCUT2D eigenvalue weighted by Gasteiger charge is -2.07. The summed E-state index contributed by atoms with van der Waals surface area (Å²) >= 11 is 0. The average molecular weight is 260 g/mol. The van der Waals surface area contributed by atoms with Crippen molar-refractivity contribution in [3.05, 3.63) is 32.7 Å². The van der Waals surface area contributed by atoms with Crippen molar-refractivity contribution in [2.45, 2.75) is 27.7 Å². The minimum Gasteiger partial charge on any atom is -0.192 e. The molecule has 0 saturated carbocycles. The molecule has 0 N–H and O–H groups in total. The molecule has 0 spiro atoms. The monoisotopic (exact) mass is 260 g/mol. The van der Waals surface area contributed by atoms with Gasteiger partial charge in [0.25, 0.3) is 0 Å². The molecule has 0 heterocycles. The first-order valence-electron chi connectivity index (χ1n) is 5.89. The highest BCUT2D eigenvalue weighted by atomic mass is 14.3. The lowest BCUT2D eigenvalue weighted by Crippen LogP contribution is -2.28. The normalized spacial score (nSPS) is 8.80. The van der Waals surface area contributed by atoms with E-state index in [-0.39, 0.29) is 22.3 Å². The van der Waals surface area contributed by atoms with E-state index in [1.807, 2.05) is 24.3 Å². The van der Waals surface area contributed by atoms with Crippen LogP contribution in [0.4, 0.5) is 0 Å². The van der Waals surface area contributed by atoms with Crippen LogP contribution in [0.2, 0.25) is 0 Å². The van der Waals surface area contributed by atoms with Gasteiger partial charge in [-0.15, -0.1) is 0 Å². The fourth-order valence-electron chi connectivity index (χ4n) is 2.20. The van der Waals surface area contributed by atoms with E-state index >= 15 is 0 Å². The number of hydrogen-bond acceptors (Lipinski definition) is 4. The third kappa shape index (κ3) is 2.12. The molecule has 4 heteroatoms. The molecular formula is C16H12N4. The molecule has 0 saturated heterocycles. The van der Waals surface area contributed by atoms with E-state index in [0.717, 1.165) is 11.1 Å². The SMILES string of the molecule is CC(C)=c1c(C#N)c(C#N)c(=C(C)C)c(C#N)c1C#N. The van der Waals surface area contributed by atoms with Gasteiger partial charge < -0.3 is 0 Å². The van der Waals surface area contributed by atoms with Crippen molar-refractivity contribution in [3.8, 4) is 24.3 Å². The Balaban J connectivity index is 4.57. The number of nitriles is 4. The molecule has 1 rings (SSSR count). The fourth-order valence-corrected chi connectivity index (χ4v) is 2.20. The number of nitrogens with zero attached hydrogens (tertiary/aromatic N) is 4. The Labute approximate surface area is 117 Å². The van der Waals surface area contributed by atoms with Crippen LogP contribution in [0.5, 0.6) is 0 Å². The molecule has 0 aliphatic rings. The summed E-state index contributed by atoms with van der Waals surface area (Å²) in [5.74, 6) is 0. The Morgan fingerprint density at radius 1 is 0.550 bits per heavy atom. The summed E-state index contributed by atoms with van der Waals surface area (Å²) in [7, 11) is 0. The summed E-state index contributed by atoms with van der Waals surface area (Å²) in [4.78, 5) is 0. The van der Waals surface area contributed by atoms with Gasteiger partial charge in [-0.2, -0.15) is 21.0 Å². The molecule has 96 valence electrons. The van der Waals surface area contributed by atoms with Crippen molar-refractivity contribution in [1.29, 1.82) is 21.0 Å². The quantitative estimate of drug-likeness (QED) is 0.707. The summed E-state index contributed by atoms with van der Waals surface area (Å²) in [5.41, 5.74) is 2.12. The Morgan fingerprint density at radius 3 is 0.850 bits per heavy atom. The molecule has 20 heavy (non-hydrogen) atoms. The van der Waals surface area contributed by atoms with E-state index in [0.29, 0.717) is 10.4 Å². The van der Waals surface area contributed by atoms with Gasteiger partial charge in [0, 0.05) is 10.4 Å². The Hall–Kier alpha value is -3.08. The van der Waals surface area contributed by atoms with Gasteiger partial charge in [-0.3, -0.25) is 0 Å². The van der Waals surface area contributed by atoms with Crippen molar-refractivity contribution >= 4 is 11.1 Å². The second-order valence-electron chi connectivity index (χ2n) is 4.70. The van der Waals surface area contributed by atoms with Crippen LogP contribution in [-0.2, 0) is 0 Å². The fraction of sp³-hybridized carbons (Fsp3) is 0.250. The lowest BCUT2D eigenvalue weighted by molar-refractivity contribution is 1.27. The Kier molecular flexibility index (Phi) is 4.27. The first-order valence-corrected chi connectivity index (χ1v) is 5.89. The second-order valence-corrected chi connectivity index (χ2v) is 4.70. The van der Waals surface area contributed by atoms with E-state index < -0.39 is 0 Å². The van der Waals surface area contributed by atoms with Crippen LogP contribution in [0, 0.1) is 45.3 Å². The minimum absolute atomic E-state index is 0.166. The molecular weight excluding hydrogens is 248 g/mol. The standard InChI is InChI=1S/C16H12N4/c1-9(2)15-11(5-17)13(7-19)16(10(3)4)14(8-20)12(15)6-18/h1-4H3. The highest BCUT2D eigenvalue weighted by Gasteiger charge is 2.18. The maximum Gasteiger partial charge on any atom is 0.101 e. The van der Waals surface area contributed by atoms with Crippen LogP contribution in [0.15, 0.2) is 0 Å². The number of benzene rings is 1. The zero-order chi connectivity index (χ0) is 15.4. The molecule has 0 aromatic heterocycles. The maximum atomic E-state index is 9.35. The van der Waals surface area contributed by atoms with Gasteiger partial charge >= 0.3 is 0 Å². The topological polar surface area (TPSA) is 95.2 Å². The first kappa shape index (κ1) is 15.0. The van der Waals surface area contributed by atoms with Gasteiger partial charge in [-0.1, -0.05) is 11.1 Å². The van der Waals surface area contributed by atoms with Gasteiger partial charge in [0.2, 0.25) is 0 Å². The molecule has 0 atom stereocenters. The third-order valence-corrected chi connectivity index (χ3v) is 2.95. The largest absolute Gasteiger partial charge is 0.192 e. The number of rotatable bonds is 0. The van der Waals surface area contributed by atoms with Crippen LogP contribution in [-0.4, -0.2) is 0 Å². The van der Waals surface area contributed by atoms with Gasteiger partial charge in [-0.05, 0) is 27.7 Å². The average Bonchev–Trinajstić information content (AvgIpc) is 2.42. The summed E-state index contributed by atoms with van der Waals surface area (Å²) < 4.78 is 0. The van der Waals surface area contributed by atoms with E-state index in [4.69, 9.17) is 0 Å². The van der Waals surface area contributed by atoms with Crippen LogP contribution < -0.4 is 10.4 Å². The number of hydrogen-bond donors (Lipinski definition) is 0. The minimum atomic E-state index is 0.166. The van der Waals surface area contributed by atoms with E-state index in [1.54, 1.807) is 27.7 Å². The highest BCUT2D eigenvalue weighted by Crippen LogP contribution is 2.08. The van der Waals surface area contributed by atoms with Crippen LogP contribution in [0.1, 0.15) is 49.9 Å². The molecule has 0 bridgehead atoms. The molecule has 0 aliphatic carbocycles. The van der Waals surface area contributed by atoms with E-state index in [9.17, 15) is 21.0 Å². The summed E-state index contributed by atoms with van der Waals surface area (Å²) in [5, 5.41) is 38.2. The molecule has 4 nitrogen and oxygen atoms in total. The Bertz CT molecular complexity index is 733. The first-order chi connectivity index (χ1) is 9.44. The van der Waals surface area contributed by atoms with Crippen LogP contribution in [0.25, 0.3) is 11.1 Å². The molecule has 1 aromatic rings. The molecule has 0 amide bonds. The maximum absolute atomic E-state index is 9.35. The third-order valence-electron chi connectivity index (χ3n) is 2.95. The van der Waals surface area contributed by atoms with Gasteiger partial charge in [0.05, 0.1) is 22.3 Å². The van der Waals surface area contributed by atoms with Gasteiger partial charge in [0.1, 0.15) is 24.3 Å². The van der Waals surface area contributed by atoms with Gasteiger partial charge in [0.15, 0.2) is 0 Å². The zero-order valence-corrected chi connectivity index (χ0v) is 11.8. The van der Waals surface area contributed by atoms with E-state index in [1.165, 1.54) is 0 Å². The van der Waals surface area contributed by atoms with E-state index in [2.05, 4.69) is 0 Å².